The van der Waals surface area contributed by atoms with Crippen molar-refractivity contribution in [1.82, 2.24) is 10.1 Å². The van der Waals surface area contributed by atoms with E-state index in [9.17, 15) is 10.1 Å². The molecule has 2 aromatic rings. The van der Waals surface area contributed by atoms with Crippen LogP contribution >= 0.6 is 0 Å². The smallest absolute Gasteiger partial charge is 0.269 e. The van der Waals surface area contributed by atoms with E-state index in [1.165, 1.54) is 18.5 Å². The first-order valence-electron chi connectivity index (χ1n) is 4.44. The van der Waals surface area contributed by atoms with Gasteiger partial charge in [-0.1, -0.05) is 11.2 Å². The zero-order valence-corrected chi connectivity index (χ0v) is 8.11. The second-order valence-electron chi connectivity index (χ2n) is 2.97. The number of hydrogen-bond acceptors (Lipinski definition) is 5. The fourth-order valence-corrected chi connectivity index (χ4v) is 1.13. The fraction of sp³-hybridized carbons (Fsp3) is 0. The first kappa shape index (κ1) is 10.0. The minimum absolute atomic E-state index is 0.0664. The number of aromatic nitrogens is 2. The SMILES string of the molecule is O=[N+]([O-])c1ccc(/C=C/c2ncon2)cc1. The van der Waals surface area contributed by atoms with Crippen LogP contribution in [0.5, 0.6) is 0 Å². The maximum absolute atomic E-state index is 10.4. The molecular formula is C10H7N3O3. The van der Waals surface area contributed by atoms with Crippen LogP contribution in [0.4, 0.5) is 5.69 Å². The summed E-state index contributed by atoms with van der Waals surface area (Å²) in [5, 5.41) is 14.0. The second kappa shape index (κ2) is 4.35. The van der Waals surface area contributed by atoms with Crippen LogP contribution in [0.25, 0.3) is 12.2 Å². The molecule has 2 rings (SSSR count). The zero-order valence-electron chi connectivity index (χ0n) is 8.11. The van der Waals surface area contributed by atoms with E-state index >= 15 is 0 Å². The lowest BCUT2D eigenvalue weighted by molar-refractivity contribution is -0.384. The fourth-order valence-electron chi connectivity index (χ4n) is 1.13. The van der Waals surface area contributed by atoms with Crippen molar-refractivity contribution in [2.75, 3.05) is 0 Å². The molecule has 0 saturated carbocycles. The van der Waals surface area contributed by atoms with Gasteiger partial charge in [0.05, 0.1) is 4.92 Å². The van der Waals surface area contributed by atoms with E-state index in [0.29, 0.717) is 5.82 Å². The average Bonchev–Trinajstić information content (AvgIpc) is 2.80. The van der Waals surface area contributed by atoms with E-state index in [1.807, 2.05) is 0 Å². The first-order chi connectivity index (χ1) is 7.75. The minimum Gasteiger partial charge on any atom is -0.342 e. The van der Waals surface area contributed by atoms with Crippen LogP contribution in [0.2, 0.25) is 0 Å². The average molecular weight is 217 g/mol. The summed E-state index contributed by atoms with van der Waals surface area (Å²) >= 11 is 0. The van der Waals surface area contributed by atoms with E-state index < -0.39 is 4.92 Å². The van der Waals surface area contributed by atoms with Crippen molar-refractivity contribution in [3.05, 3.63) is 52.2 Å². The van der Waals surface area contributed by atoms with Crippen LogP contribution < -0.4 is 0 Å². The highest BCUT2D eigenvalue weighted by Gasteiger charge is 2.02. The molecule has 6 heteroatoms. The third-order valence-electron chi connectivity index (χ3n) is 1.91. The lowest BCUT2D eigenvalue weighted by Gasteiger charge is -1.92. The number of nitro benzene ring substituents is 1. The highest BCUT2D eigenvalue weighted by molar-refractivity contribution is 5.66. The van der Waals surface area contributed by atoms with Crippen molar-refractivity contribution < 1.29 is 9.45 Å². The van der Waals surface area contributed by atoms with Gasteiger partial charge in [0.1, 0.15) is 0 Å². The summed E-state index contributed by atoms with van der Waals surface area (Å²) in [6.07, 6.45) is 4.63. The van der Waals surface area contributed by atoms with Gasteiger partial charge in [0, 0.05) is 12.1 Å². The standard InChI is InChI=1S/C10H7N3O3/c14-13(15)9-4-1-8(2-5-9)3-6-10-11-7-16-12-10/h1-7H/b6-3+. The lowest BCUT2D eigenvalue weighted by atomic mass is 10.2. The predicted molar refractivity (Wildman–Crippen MR) is 56.3 cm³/mol. The van der Waals surface area contributed by atoms with Crippen LogP contribution in [0.3, 0.4) is 0 Å². The molecule has 16 heavy (non-hydrogen) atoms. The Morgan fingerprint density at radius 1 is 1.25 bits per heavy atom. The predicted octanol–water partition coefficient (Wildman–Crippen LogP) is 2.15. The van der Waals surface area contributed by atoms with Gasteiger partial charge in [0.15, 0.2) is 5.82 Å². The Kier molecular flexibility index (Phi) is 2.73. The molecule has 1 aromatic carbocycles. The van der Waals surface area contributed by atoms with Gasteiger partial charge in [0.2, 0.25) is 6.39 Å². The molecule has 80 valence electrons. The molecule has 1 heterocycles. The molecule has 0 atom stereocenters. The van der Waals surface area contributed by atoms with Crippen LogP contribution in [0.1, 0.15) is 11.4 Å². The highest BCUT2D eigenvalue weighted by atomic mass is 16.6. The Morgan fingerprint density at radius 3 is 2.56 bits per heavy atom. The number of benzene rings is 1. The molecule has 6 nitrogen and oxygen atoms in total. The van der Waals surface area contributed by atoms with Gasteiger partial charge < -0.3 is 4.52 Å². The molecule has 0 aliphatic carbocycles. The number of non-ortho nitro benzene ring substituents is 1. The molecule has 0 spiro atoms. The molecular weight excluding hydrogens is 210 g/mol. The molecule has 0 amide bonds. The van der Waals surface area contributed by atoms with Gasteiger partial charge in [-0.05, 0) is 23.8 Å². The van der Waals surface area contributed by atoms with E-state index in [0.717, 1.165) is 5.56 Å². The monoisotopic (exact) mass is 217 g/mol. The molecule has 0 bridgehead atoms. The van der Waals surface area contributed by atoms with Crippen LogP contribution in [-0.2, 0) is 0 Å². The minimum atomic E-state index is -0.438. The summed E-state index contributed by atoms with van der Waals surface area (Å²) in [5.74, 6) is 0.457. The van der Waals surface area contributed by atoms with Crippen molar-refractivity contribution in [1.29, 1.82) is 0 Å². The van der Waals surface area contributed by atoms with Crippen molar-refractivity contribution in [2.24, 2.45) is 0 Å². The molecule has 0 fully saturated rings. The number of hydrogen-bond donors (Lipinski definition) is 0. The van der Waals surface area contributed by atoms with E-state index in [-0.39, 0.29) is 5.69 Å². The Balaban J connectivity index is 2.14. The van der Waals surface area contributed by atoms with Crippen LogP contribution in [-0.4, -0.2) is 15.1 Å². The van der Waals surface area contributed by atoms with Gasteiger partial charge in [-0.3, -0.25) is 10.1 Å². The largest absolute Gasteiger partial charge is 0.342 e. The lowest BCUT2D eigenvalue weighted by Crippen LogP contribution is -1.86. The van der Waals surface area contributed by atoms with Crippen molar-refractivity contribution in [3.8, 4) is 0 Å². The molecule has 0 radical (unpaired) electrons. The number of rotatable bonds is 3. The molecule has 0 unspecified atom stereocenters. The topological polar surface area (TPSA) is 82.1 Å². The summed E-state index contributed by atoms with van der Waals surface area (Å²) in [6.45, 7) is 0. The Labute approximate surface area is 90.4 Å². The van der Waals surface area contributed by atoms with E-state index in [1.54, 1.807) is 24.3 Å². The van der Waals surface area contributed by atoms with Gasteiger partial charge in [-0.15, -0.1) is 0 Å². The van der Waals surface area contributed by atoms with Crippen molar-refractivity contribution >= 4 is 17.8 Å². The van der Waals surface area contributed by atoms with Crippen molar-refractivity contribution in [2.45, 2.75) is 0 Å². The van der Waals surface area contributed by atoms with Gasteiger partial charge in [-0.25, -0.2) is 0 Å². The second-order valence-corrected chi connectivity index (χ2v) is 2.97. The molecule has 0 aliphatic heterocycles. The quantitative estimate of drug-likeness (QED) is 0.581. The molecule has 1 aromatic heterocycles. The van der Waals surface area contributed by atoms with Crippen LogP contribution in [0, 0.1) is 10.1 Å². The Morgan fingerprint density at radius 2 is 2.00 bits per heavy atom. The van der Waals surface area contributed by atoms with Gasteiger partial charge in [0.25, 0.3) is 5.69 Å². The zero-order chi connectivity index (χ0) is 11.4. The highest BCUT2D eigenvalue weighted by Crippen LogP contribution is 2.13. The van der Waals surface area contributed by atoms with Crippen molar-refractivity contribution in [3.63, 3.8) is 0 Å². The summed E-state index contributed by atoms with van der Waals surface area (Å²) in [5.41, 5.74) is 0.895. The summed E-state index contributed by atoms with van der Waals surface area (Å²) < 4.78 is 4.55. The van der Waals surface area contributed by atoms with Crippen LogP contribution in [0.15, 0.2) is 35.2 Å². The maximum Gasteiger partial charge on any atom is 0.269 e. The summed E-state index contributed by atoms with van der Waals surface area (Å²) in [6, 6.07) is 6.18. The summed E-state index contributed by atoms with van der Waals surface area (Å²) in [7, 11) is 0. The van der Waals surface area contributed by atoms with E-state index in [2.05, 4.69) is 14.7 Å². The first-order valence-corrected chi connectivity index (χ1v) is 4.44. The number of nitro groups is 1. The van der Waals surface area contributed by atoms with E-state index in [4.69, 9.17) is 0 Å². The third-order valence-corrected chi connectivity index (χ3v) is 1.91. The van der Waals surface area contributed by atoms with Gasteiger partial charge >= 0.3 is 0 Å². The number of nitrogens with zero attached hydrogens (tertiary/aromatic N) is 3. The third kappa shape index (κ3) is 2.30. The summed E-state index contributed by atoms with van der Waals surface area (Å²) in [4.78, 5) is 13.8. The Bertz CT molecular complexity index is 503. The molecule has 0 saturated heterocycles. The Hall–Kier alpha value is -2.50. The molecule has 0 N–H and O–H groups in total. The normalized spacial score (nSPS) is 10.8. The molecule has 0 aliphatic rings. The van der Waals surface area contributed by atoms with Gasteiger partial charge in [-0.2, -0.15) is 4.98 Å². The maximum atomic E-state index is 10.4.